The molecule has 0 saturated heterocycles. The summed E-state index contributed by atoms with van der Waals surface area (Å²) in [5.41, 5.74) is 2.60. The van der Waals surface area contributed by atoms with E-state index in [0.29, 0.717) is 0 Å². The number of hydrogen-bond donors (Lipinski definition) is 0. The van der Waals surface area contributed by atoms with E-state index < -0.39 is 0 Å². The summed E-state index contributed by atoms with van der Waals surface area (Å²) in [7, 11) is 0. The molecule has 15 heavy (non-hydrogen) atoms. The Balaban J connectivity index is 2.03. The highest BCUT2D eigenvalue weighted by atomic mass is 16.3. The van der Waals surface area contributed by atoms with Crippen molar-refractivity contribution in [3.05, 3.63) is 47.7 Å². The highest BCUT2D eigenvalue weighted by Crippen LogP contribution is 2.30. The molecule has 0 fully saturated rings. The van der Waals surface area contributed by atoms with E-state index >= 15 is 0 Å². The fourth-order valence-corrected chi connectivity index (χ4v) is 2.24. The number of fused-ring (bicyclic) bond motifs is 1. The summed E-state index contributed by atoms with van der Waals surface area (Å²) in [6.45, 7) is 0. The third kappa shape index (κ3) is 1.58. The van der Waals surface area contributed by atoms with Gasteiger partial charge in [0.15, 0.2) is 0 Å². The van der Waals surface area contributed by atoms with E-state index in [2.05, 4.69) is 30.3 Å². The van der Waals surface area contributed by atoms with E-state index in [1.54, 1.807) is 0 Å². The van der Waals surface area contributed by atoms with E-state index in [0.717, 1.165) is 12.2 Å². The molecule has 1 aromatic carbocycles. The van der Waals surface area contributed by atoms with Crippen LogP contribution in [0.4, 0.5) is 0 Å². The quantitative estimate of drug-likeness (QED) is 0.678. The second-order valence-corrected chi connectivity index (χ2v) is 4.13. The van der Waals surface area contributed by atoms with E-state index in [1.807, 2.05) is 6.07 Å². The van der Waals surface area contributed by atoms with Crippen LogP contribution in [0.1, 0.15) is 24.2 Å². The molecule has 1 heteroatoms. The summed E-state index contributed by atoms with van der Waals surface area (Å²) in [6, 6.07) is 12.6. The Labute approximate surface area is 89.7 Å². The summed E-state index contributed by atoms with van der Waals surface area (Å²) < 4.78 is 5.89. The topological polar surface area (TPSA) is 13.1 Å². The molecule has 2 aromatic rings. The predicted octanol–water partition coefficient (Wildman–Crippen LogP) is 3.83. The molecule has 1 aromatic heterocycles. The molecule has 76 valence electrons. The molecule has 1 heterocycles. The van der Waals surface area contributed by atoms with Gasteiger partial charge in [-0.05, 0) is 30.9 Å². The molecule has 0 atom stereocenters. The summed E-state index contributed by atoms with van der Waals surface area (Å²) in [6.07, 6.45) is 4.88. The number of rotatable bonds is 1. The van der Waals surface area contributed by atoms with E-state index in [-0.39, 0.29) is 0 Å². The van der Waals surface area contributed by atoms with Gasteiger partial charge in [0.25, 0.3) is 0 Å². The Kier molecular flexibility index (Phi) is 2.09. The van der Waals surface area contributed by atoms with Crippen LogP contribution >= 0.6 is 0 Å². The van der Waals surface area contributed by atoms with E-state index in [9.17, 15) is 0 Å². The minimum Gasteiger partial charge on any atom is -0.461 e. The molecule has 1 aliphatic rings. The lowest BCUT2D eigenvalue weighted by Crippen LogP contribution is -1.97. The van der Waals surface area contributed by atoms with Crippen LogP contribution in [-0.2, 0) is 12.8 Å². The van der Waals surface area contributed by atoms with Gasteiger partial charge in [-0.2, -0.15) is 0 Å². The predicted molar refractivity (Wildman–Crippen MR) is 60.8 cm³/mol. The largest absolute Gasteiger partial charge is 0.461 e. The number of benzene rings is 1. The Bertz CT molecular complexity index is 430. The first-order chi connectivity index (χ1) is 7.43. The molecule has 3 rings (SSSR count). The average Bonchev–Trinajstić information content (AvgIpc) is 2.74. The normalized spacial score (nSPS) is 14.9. The van der Waals surface area contributed by atoms with Crippen molar-refractivity contribution in [1.82, 2.24) is 0 Å². The van der Waals surface area contributed by atoms with Crippen molar-refractivity contribution >= 4 is 0 Å². The highest BCUT2D eigenvalue weighted by Gasteiger charge is 2.15. The van der Waals surface area contributed by atoms with Gasteiger partial charge in [-0.1, -0.05) is 30.3 Å². The minimum atomic E-state index is 1.03. The number of aryl methyl sites for hydroxylation is 2. The summed E-state index contributed by atoms with van der Waals surface area (Å²) >= 11 is 0. The Morgan fingerprint density at radius 3 is 2.53 bits per heavy atom. The van der Waals surface area contributed by atoms with Crippen LogP contribution in [0.5, 0.6) is 0 Å². The van der Waals surface area contributed by atoms with Gasteiger partial charge in [-0.25, -0.2) is 0 Å². The van der Waals surface area contributed by atoms with Gasteiger partial charge in [-0.3, -0.25) is 0 Å². The van der Waals surface area contributed by atoms with Crippen LogP contribution in [0.3, 0.4) is 0 Å². The SMILES string of the molecule is c1ccc(-c2cc3c(o2)CCCC3)cc1. The molecule has 0 aliphatic heterocycles. The Morgan fingerprint density at radius 1 is 0.933 bits per heavy atom. The molecular weight excluding hydrogens is 184 g/mol. The number of furan rings is 1. The van der Waals surface area contributed by atoms with Gasteiger partial charge >= 0.3 is 0 Å². The first-order valence-electron chi connectivity index (χ1n) is 5.60. The summed E-state index contributed by atoms with van der Waals surface area (Å²) in [5, 5.41) is 0. The van der Waals surface area contributed by atoms with Crippen molar-refractivity contribution < 1.29 is 4.42 Å². The second-order valence-electron chi connectivity index (χ2n) is 4.13. The minimum absolute atomic E-state index is 1.03. The zero-order valence-electron chi connectivity index (χ0n) is 8.70. The third-order valence-corrected chi connectivity index (χ3v) is 3.05. The third-order valence-electron chi connectivity index (χ3n) is 3.05. The fraction of sp³-hybridized carbons (Fsp3) is 0.286. The van der Waals surface area contributed by atoms with Crippen LogP contribution in [0.25, 0.3) is 11.3 Å². The molecule has 0 unspecified atom stereocenters. The van der Waals surface area contributed by atoms with E-state index in [1.165, 1.54) is 36.1 Å². The maximum atomic E-state index is 5.89. The smallest absolute Gasteiger partial charge is 0.134 e. The maximum absolute atomic E-state index is 5.89. The van der Waals surface area contributed by atoms with Gasteiger partial charge in [0.1, 0.15) is 11.5 Å². The molecule has 0 radical (unpaired) electrons. The summed E-state index contributed by atoms with van der Waals surface area (Å²) in [5.74, 6) is 2.24. The highest BCUT2D eigenvalue weighted by molar-refractivity contribution is 5.58. The molecule has 1 nitrogen and oxygen atoms in total. The monoisotopic (exact) mass is 198 g/mol. The van der Waals surface area contributed by atoms with Crippen molar-refractivity contribution in [3.63, 3.8) is 0 Å². The van der Waals surface area contributed by atoms with Crippen LogP contribution in [-0.4, -0.2) is 0 Å². The second kappa shape index (κ2) is 3.58. The zero-order chi connectivity index (χ0) is 10.1. The van der Waals surface area contributed by atoms with Gasteiger partial charge < -0.3 is 4.42 Å². The van der Waals surface area contributed by atoms with Crippen molar-refractivity contribution in [2.75, 3.05) is 0 Å². The first-order valence-corrected chi connectivity index (χ1v) is 5.60. The molecule has 0 amide bonds. The molecule has 0 N–H and O–H groups in total. The molecule has 0 saturated carbocycles. The van der Waals surface area contributed by atoms with Crippen LogP contribution in [0.15, 0.2) is 40.8 Å². The summed E-state index contributed by atoms with van der Waals surface area (Å²) in [4.78, 5) is 0. The van der Waals surface area contributed by atoms with Crippen molar-refractivity contribution in [2.24, 2.45) is 0 Å². The average molecular weight is 198 g/mol. The van der Waals surface area contributed by atoms with Gasteiger partial charge in [-0.15, -0.1) is 0 Å². The Hall–Kier alpha value is -1.50. The van der Waals surface area contributed by atoms with Crippen LogP contribution in [0, 0.1) is 0 Å². The standard InChI is InChI=1S/C14H14O/c1-2-6-11(7-3-1)14-10-12-8-4-5-9-13(12)15-14/h1-3,6-7,10H,4-5,8-9H2. The van der Waals surface area contributed by atoms with Crippen molar-refractivity contribution in [2.45, 2.75) is 25.7 Å². The van der Waals surface area contributed by atoms with E-state index in [4.69, 9.17) is 4.42 Å². The van der Waals surface area contributed by atoms with Crippen LogP contribution in [0.2, 0.25) is 0 Å². The lowest BCUT2D eigenvalue weighted by atomic mass is 9.98. The molecule has 0 bridgehead atoms. The van der Waals surface area contributed by atoms with Gasteiger partial charge in [0.05, 0.1) is 0 Å². The molecule has 0 spiro atoms. The lowest BCUT2D eigenvalue weighted by Gasteiger charge is -2.07. The van der Waals surface area contributed by atoms with Gasteiger partial charge in [0, 0.05) is 12.0 Å². The lowest BCUT2D eigenvalue weighted by molar-refractivity contribution is 0.487. The Morgan fingerprint density at radius 2 is 1.73 bits per heavy atom. The fourth-order valence-electron chi connectivity index (χ4n) is 2.24. The van der Waals surface area contributed by atoms with Crippen LogP contribution < -0.4 is 0 Å². The maximum Gasteiger partial charge on any atom is 0.134 e. The van der Waals surface area contributed by atoms with Crippen molar-refractivity contribution in [1.29, 1.82) is 0 Å². The zero-order valence-corrected chi connectivity index (χ0v) is 8.70. The molecular formula is C14H14O. The molecule has 1 aliphatic carbocycles. The first kappa shape index (κ1) is 8.78. The van der Waals surface area contributed by atoms with Crippen molar-refractivity contribution in [3.8, 4) is 11.3 Å². The number of hydrogen-bond acceptors (Lipinski definition) is 1. The van der Waals surface area contributed by atoms with Gasteiger partial charge in [0.2, 0.25) is 0 Å².